The number of rotatable bonds is 5. The molecule has 0 radical (unpaired) electrons. The van der Waals surface area contributed by atoms with Crippen LogP contribution in [0.25, 0.3) is 0 Å². The predicted molar refractivity (Wildman–Crippen MR) is 117 cm³/mol. The summed E-state index contributed by atoms with van der Waals surface area (Å²) >= 11 is 5.86. The molecule has 31 heavy (non-hydrogen) atoms. The lowest BCUT2D eigenvalue weighted by Crippen LogP contribution is -2.46. The highest BCUT2D eigenvalue weighted by molar-refractivity contribution is 7.89. The number of hydrogen-bond acceptors (Lipinski definition) is 5. The van der Waals surface area contributed by atoms with Crippen molar-refractivity contribution < 1.29 is 22.7 Å². The van der Waals surface area contributed by atoms with Crippen LogP contribution >= 0.6 is 11.6 Å². The van der Waals surface area contributed by atoms with Gasteiger partial charge in [0.1, 0.15) is 6.61 Å². The minimum atomic E-state index is -3.75. The second-order valence-corrected chi connectivity index (χ2v) is 9.92. The average Bonchev–Trinajstić information content (AvgIpc) is 3.07. The van der Waals surface area contributed by atoms with Crippen molar-refractivity contribution in [2.45, 2.75) is 43.2 Å². The SMILES string of the molecule is O=C(C1COc2cc(S(=O)(=O)NCc3ccc(Cl)cc3)ccc2O1)N1CCCCCC1. The van der Waals surface area contributed by atoms with E-state index in [4.69, 9.17) is 21.1 Å². The molecule has 4 rings (SSSR count). The topological polar surface area (TPSA) is 84.9 Å². The summed E-state index contributed by atoms with van der Waals surface area (Å²) in [6.07, 6.45) is 3.56. The van der Waals surface area contributed by atoms with Gasteiger partial charge >= 0.3 is 0 Å². The van der Waals surface area contributed by atoms with Crippen LogP contribution in [0.15, 0.2) is 47.4 Å². The Hall–Kier alpha value is -2.29. The Bertz CT molecular complexity index is 1030. The zero-order chi connectivity index (χ0) is 21.8. The van der Waals surface area contributed by atoms with Crippen molar-refractivity contribution >= 4 is 27.5 Å². The van der Waals surface area contributed by atoms with Gasteiger partial charge in [0, 0.05) is 30.7 Å². The molecular formula is C22H25ClN2O5S. The summed E-state index contributed by atoms with van der Waals surface area (Å²) in [5, 5.41) is 0.589. The molecule has 0 bridgehead atoms. The highest BCUT2D eigenvalue weighted by Gasteiger charge is 2.32. The number of sulfonamides is 1. The van der Waals surface area contributed by atoms with Gasteiger partial charge in [-0.3, -0.25) is 4.79 Å². The monoisotopic (exact) mass is 464 g/mol. The van der Waals surface area contributed by atoms with E-state index in [1.54, 1.807) is 24.3 Å². The molecule has 0 aromatic heterocycles. The van der Waals surface area contributed by atoms with Gasteiger partial charge in [-0.25, -0.2) is 13.1 Å². The fourth-order valence-electron chi connectivity index (χ4n) is 3.70. The normalized spacial score (nSPS) is 19.0. The first-order valence-electron chi connectivity index (χ1n) is 10.4. The maximum Gasteiger partial charge on any atom is 0.267 e. The van der Waals surface area contributed by atoms with Crippen LogP contribution < -0.4 is 14.2 Å². The molecule has 0 saturated carbocycles. The van der Waals surface area contributed by atoms with Gasteiger partial charge in [0.05, 0.1) is 4.90 Å². The Morgan fingerprint density at radius 2 is 1.74 bits per heavy atom. The van der Waals surface area contributed by atoms with Crippen molar-refractivity contribution in [2.75, 3.05) is 19.7 Å². The number of nitrogens with one attached hydrogen (secondary N) is 1. The maximum atomic E-state index is 12.8. The summed E-state index contributed by atoms with van der Waals surface area (Å²) in [5.74, 6) is 0.610. The predicted octanol–water partition coefficient (Wildman–Crippen LogP) is 3.36. The van der Waals surface area contributed by atoms with Crippen LogP contribution in [0.2, 0.25) is 5.02 Å². The van der Waals surface area contributed by atoms with Gasteiger partial charge in [-0.1, -0.05) is 36.6 Å². The van der Waals surface area contributed by atoms with E-state index in [9.17, 15) is 13.2 Å². The first-order chi connectivity index (χ1) is 14.9. The summed E-state index contributed by atoms with van der Waals surface area (Å²) in [5.41, 5.74) is 0.792. The molecule has 1 unspecified atom stereocenters. The summed E-state index contributed by atoms with van der Waals surface area (Å²) in [6, 6.07) is 11.3. The van der Waals surface area contributed by atoms with Crippen LogP contribution in [-0.4, -0.2) is 45.0 Å². The maximum absolute atomic E-state index is 12.8. The van der Waals surface area contributed by atoms with Gasteiger partial charge in [0.25, 0.3) is 5.91 Å². The average molecular weight is 465 g/mol. The molecule has 2 heterocycles. The standard InChI is InChI=1S/C22H25ClN2O5S/c23-17-7-5-16(6-8-17)14-24-31(27,28)18-9-10-19-20(13-18)29-15-21(30-19)22(26)25-11-3-1-2-4-12-25/h5-10,13,21,24H,1-4,11-12,14-15H2. The number of ether oxygens (including phenoxy) is 2. The van der Waals surface area contributed by atoms with Crippen LogP contribution in [0.5, 0.6) is 11.5 Å². The van der Waals surface area contributed by atoms with E-state index >= 15 is 0 Å². The van der Waals surface area contributed by atoms with Crippen molar-refractivity contribution in [3.63, 3.8) is 0 Å². The molecule has 7 nitrogen and oxygen atoms in total. The van der Waals surface area contributed by atoms with Gasteiger partial charge in [0.15, 0.2) is 11.5 Å². The Morgan fingerprint density at radius 3 is 2.45 bits per heavy atom. The van der Waals surface area contributed by atoms with Crippen LogP contribution in [0.1, 0.15) is 31.2 Å². The highest BCUT2D eigenvalue weighted by atomic mass is 35.5. The van der Waals surface area contributed by atoms with Gasteiger partial charge in [-0.05, 0) is 42.7 Å². The molecule has 0 aliphatic carbocycles. The molecular weight excluding hydrogens is 440 g/mol. The second kappa shape index (κ2) is 9.46. The number of fused-ring (bicyclic) bond motifs is 1. The molecule has 1 N–H and O–H groups in total. The highest BCUT2D eigenvalue weighted by Crippen LogP contribution is 2.34. The van der Waals surface area contributed by atoms with Crippen LogP contribution in [-0.2, 0) is 21.4 Å². The van der Waals surface area contributed by atoms with Gasteiger partial charge in [-0.15, -0.1) is 0 Å². The number of nitrogens with zero attached hydrogens (tertiary/aromatic N) is 1. The number of halogens is 1. The zero-order valence-electron chi connectivity index (χ0n) is 17.1. The van der Waals surface area contributed by atoms with E-state index in [1.165, 1.54) is 18.2 Å². The summed E-state index contributed by atoms with van der Waals surface area (Å²) in [6.45, 7) is 1.68. The number of amides is 1. The molecule has 1 saturated heterocycles. The van der Waals surface area contributed by atoms with Gasteiger partial charge in [0.2, 0.25) is 16.1 Å². The minimum Gasteiger partial charge on any atom is -0.485 e. The molecule has 1 atom stereocenters. The van der Waals surface area contributed by atoms with Crippen LogP contribution in [0.3, 0.4) is 0 Å². The molecule has 0 spiro atoms. The zero-order valence-corrected chi connectivity index (χ0v) is 18.6. The Morgan fingerprint density at radius 1 is 1.03 bits per heavy atom. The Labute approximate surface area is 187 Å². The van der Waals surface area contributed by atoms with E-state index in [1.807, 2.05) is 4.90 Å². The lowest BCUT2D eigenvalue weighted by atomic mass is 10.2. The van der Waals surface area contributed by atoms with Crippen molar-refractivity contribution in [3.05, 3.63) is 53.1 Å². The minimum absolute atomic E-state index is 0.0596. The molecule has 2 aliphatic rings. The number of hydrogen-bond donors (Lipinski definition) is 1. The van der Waals surface area contributed by atoms with E-state index in [-0.39, 0.29) is 24.0 Å². The molecule has 1 fully saturated rings. The number of benzene rings is 2. The number of carbonyl (C=O) groups excluding carboxylic acids is 1. The smallest absolute Gasteiger partial charge is 0.267 e. The molecule has 1 amide bonds. The number of carbonyl (C=O) groups is 1. The third-order valence-electron chi connectivity index (χ3n) is 5.46. The molecule has 2 aliphatic heterocycles. The largest absolute Gasteiger partial charge is 0.485 e. The first kappa shape index (κ1) is 21.9. The fraction of sp³-hybridized carbons (Fsp3) is 0.409. The molecule has 2 aromatic rings. The van der Waals surface area contributed by atoms with Gasteiger partial charge < -0.3 is 14.4 Å². The number of likely N-dealkylation sites (tertiary alicyclic amines) is 1. The van der Waals surface area contributed by atoms with Crippen molar-refractivity contribution in [3.8, 4) is 11.5 Å². The van der Waals surface area contributed by atoms with Gasteiger partial charge in [-0.2, -0.15) is 0 Å². The third kappa shape index (κ3) is 5.31. The van der Waals surface area contributed by atoms with Crippen molar-refractivity contribution in [2.24, 2.45) is 0 Å². The Balaban J connectivity index is 1.42. The molecule has 2 aromatic carbocycles. The fourth-order valence-corrected chi connectivity index (χ4v) is 4.86. The van der Waals surface area contributed by atoms with E-state index in [0.29, 0.717) is 16.5 Å². The summed E-state index contributed by atoms with van der Waals surface area (Å²) in [4.78, 5) is 14.7. The summed E-state index contributed by atoms with van der Waals surface area (Å²) < 4.78 is 39.5. The molecule has 9 heteroatoms. The van der Waals surface area contributed by atoms with Crippen molar-refractivity contribution in [1.82, 2.24) is 9.62 Å². The van der Waals surface area contributed by atoms with E-state index in [0.717, 1.165) is 44.3 Å². The Kier molecular flexibility index (Phi) is 6.69. The lowest BCUT2D eigenvalue weighted by molar-refractivity contribution is -0.141. The lowest BCUT2D eigenvalue weighted by Gasteiger charge is -2.30. The first-order valence-corrected chi connectivity index (χ1v) is 12.2. The second-order valence-electron chi connectivity index (χ2n) is 7.72. The van der Waals surface area contributed by atoms with Crippen LogP contribution in [0.4, 0.5) is 0 Å². The van der Waals surface area contributed by atoms with Crippen molar-refractivity contribution in [1.29, 1.82) is 0 Å². The van der Waals surface area contributed by atoms with E-state index < -0.39 is 16.1 Å². The molecule has 166 valence electrons. The van der Waals surface area contributed by atoms with Crippen LogP contribution in [0, 0.1) is 0 Å². The van der Waals surface area contributed by atoms with E-state index in [2.05, 4.69) is 4.72 Å². The quantitative estimate of drug-likeness (QED) is 0.733. The summed E-state index contributed by atoms with van der Waals surface area (Å²) in [7, 11) is -3.75. The third-order valence-corrected chi connectivity index (χ3v) is 7.11.